The molecule has 1 N–H and O–H groups in total. The zero-order valence-electron chi connectivity index (χ0n) is 13.6. The molecule has 1 aromatic heterocycles. The molecule has 0 bridgehead atoms. The summed E-state index contributed by atoms with van der Waals surface area (Å²) in [6, 6.07) is 0.952. The van der Waals surface area contributed by atoms with Crippen LogP contribution >= 0.6 is 0 Å². The maximum atomic E-state index is 14.9. The number of pyridine rings is 1. The molecule has 2 aliphatic rings. The van der Waals surface area contributed by atoms with Crippen molar-refractivity contribution >= 4 is 22.6 Å². The molecule has 8 heteroatoms. The van der Waals surface area contributed by atoms with E-state index in [1.165, 1.54) is 6.20 Å². The standard InChI is InChI=1S/C17H17FN2O5/c1-9-8-25-16-13-10(15(21)11(17(22)23)7-20(9)13)6-12(18)14(16)19-2-4-24-5-3-19/h6-7,9H,2-5,8H2,1H3,(H,22,23). The molecule has 0 aliphatic carbocycles. The minimum absolute atomic E-state index is 0.0240. The third kappa shape index (κ3) is 2.36. The summed E-state index contributed by atoms with van der Waals surface area (Å²) in [6.45, 7) is 4.13. The topological polar surface area (TPSA) is 81.0 Å². The Balaban J connectivity index is 2.06. The minimum Gasteiger partial charge on any atom is -0.487 e. The summed E-state index contributed by atoms with van der Waals surface area (Å²) in [4.78, 5) is 25.7. The molecule has 1 atom stereocenters. The van der Waals surface area contributed by atoms with E-state index in [0.29, 0.717) is 43.3 Å². The van der Waals surface area contributed by atoms with Gasteiger partial charge in [0.05, 0.1) is 30.2 Å². The fourth-order valence-electron chi connectivity index (χ4n) is 3.45. The van der Waals surface area contributed by atoms with E-state index in [9.17, 15) is 19.1 Å². The highest BCUT2D eigenvalue weighted by atomic mass is 19.1. The number of hydrogen-bond acceptors (Lipinski definition) is 5. The molecule has 0 radical (unpaired) electrons. The number of ether oxygens (including phenoxy) is 2. The molecule has 2 aliphatic heterocycles. The number of rotatable bonds is 2. The number of morpholine rings is 1. The summed E-state index contributed by atoms with van der Waals surface area (Å²) in [6.07, 6.45) is 1.32. The molecular formula is C17H17FN2O5. The van der Waals surface area contributed by atoms with Gasteiger partial charge in [0.2, 0.25) is 5.43 Å². The molecule has 3 heterocycles. The predicted octanol–water partition coefficient (Wildman–Crippen LogP) is 1.63. The van der Waals surface area contributed by atoms with E-state index in [2.05, 4.69) is 0 Å². The summed E-state index contributed by atoms with van der Waals surface area (Å²) >= 11 is 0. The molecule has 1 unspecified atom stereocenters. The van der Waals surface area contributed by atoms with Crippen LogP contribution in [0.25, 0.3) is 10.9 Å². The fraction of sp³-hybridized carbons (Fsp3) is 0.412. The van der Waals surface area contributed by atoms with Gasteiger partial charge in [0.25, 0.3) is 0 Å². The Morgan fingerprint density at radius 3 is 2.76 bits per heavy atom. The first-order valence-corrected chi connectivity index (χ1v) is 8.09. The third-order valence-electron chi connectivity index (χ3n) is 4.70. The van der Waals surface area contributed by atoms with Crippen molar-refractivity contribution in [2.24, 2.45) is 0 Å². The van der Waals surface area contributed by atoms with Gasteiger partial charge in [-0.05, 0) is 13.0 Å². The van der Waals surface area contributed by atoms with Crippen LogP contribution in [0.2, 0.25) is 0 Å². The van der Waals surface area contributed by atoms with E-state index in [1.54, 1.807) is 4.57 Å². The quantitative estimate of drug-likeness (QED) is 0.888. The average molecular weight is 348 g/mol. The van der Waals surface area contributed by atoms with Crippen molar-refractivity contribution in [2.75, 3.05) is 37.8 Å². The zero-order valence-corrected chi connectivity index (χ0v) is 13.6. The van der Waals surface area contributed by atoms with Crippen molar-refractivity contribution < 1.29 is 23.8 Å². The van der Waals surface area contributed by atoms with E-state index in [1.807, 2.05) is 11.8 Å². The Morgan fingerprint density at radius 2 is 2.08 bits per heavy atom. The first-order chi connectivity index (χ1) is 12.0. The Morgan fingerprint density at radius 1 is 1.36 bits per heavy atom. The first-order valence-electron chi connectivity index (χ1n) is 8.09. The molecule has 7 nitrogen and oxygen atoms in total. The van der Waals surface area contributed by atoms with Gasteiger partial charge in [-0.3, -0.25) is 4.79 Å². The van der Waals surface area contributed by atoms with Crippen LogP contribution in [0.5, 0.6) is 5.75 Å². The van der Waals surface area contributed by atoms with Gasteiger partial charge in [-0.2, -0.15) is 0 Å². The maximum absolute atomic E-state index is 14.9. The number of aromatic nitrogens is 1. The lowest BCUT2D eigenvalue weighted by Crippen LogP contribution is -2.38. The SMILES string of the molecule is CC1COc2c(N3CCOCC3)c(F)cc3c(=O)c(C(=O)O)cn1c23. The number of carboxylic acid groups (broad SMARTS) is 1. The summed E-state index contributed by atoms with van der Waals surface area (Å²) in [5.74, 6) is -1.62. The molecule has 132 valence electrons. The van der Waals surface area contributed by atoms with Gasteiger partial charge in [0.15, 0.2) is 11.6 Å². The van der Waals surface area contributed by atoms with Crippen molar-refractivity contribution in [1.29, 1.82) is 0 Å². The normalized spacial score (nSPS) is 19.8. The second kappa shape index (κ2) is 5.73. The molecule has 2 aromatic rings. The summed E-state index contributed by atoms with van der Waals surface area (Å²) in [7, 11) is 0. The number of carbonyl (C=O) groups is 1. The smallest absolute Gasteiger partial charge is 0.341 e. The number of halogens is 1. The van der Waals surface area contributed by atoms with Gasteiger partial charge in [0.1, 0.15) is 17.9 Å². The van der Waals surface area contributed by atoms with Gasteiger partial charge in [-0.1, -0.05) is 0 Å². The fourth-order valence-corrected chi connectivity index (χ4v) is 3.45. The lowest BCUT2D eigenvalue weighted by atomic mass is 10.1. The van der Waals surface area contributed by atoms with E-state index in [4.69, 9.17) is 9.47 Å². The van der Waals surface area contributed by atoms with Crippen molar-refractivity contribution in [3.8, 4) is 5.75 Å². The first kappa shape index (κ1) is 15.9. The summed E-state index contributed by atoms with van der Waals surface area (Å²) < 4.78 is 27.7. The highest BCUT2D eigenvalue weighted by Gasteiger charge is 2.30. The molecule has 4 rings (SSSR count). The van der Waals surface area contributed by atoms with E-state index >= 15 is 0 Å². The molecule has 0 saturated carbocycles. The molecule has 25 heavy (non-hydrogen) atoms. The lowest BCUT2D eigenvalue weighted by molar-refractivity contribution is 0.0694. The zero-order chi connectivity index (χ0) is 17.7. The summed E-state index contributed by atoms with van der Waals surface area (Å²) in [5, 5.41) is 9.31. The van der Waals surface area contributed by atoms with E-state index < -0.39 is 17.2 Å². The van der Waals surface area contributed by atoms with Crippen molar-refractivity contribution in [1.82, 2.24) is 4.57 Å². The van der Waals surface area contributed by atoms with E-state index in [-0.39, 0.29) is 23.6 Å². The van der Waals surface area contributed by atoms with Crippen LogP contribution in [0.1, 0.15) is 23.3 Å². The molecular weight excluding hydrogens is 331 g/mol. The maximum Gasteiger partial charge on any atom is 0.341 e. The largest absolute Gasteiger partial charge is 0.487 e. The molecule has 1 aromatic carbocycles. The third-order valence-corrected chi connectivity index (χ3v) is 4.70. The number of anilines is 1. The van der Waals surface area contributed by atoms with Gasteiger partial charge in [-0.25, -0.2) is 9.18 Å². The summed E-state index contributed by atoms with van der Waals surface area (Å²) in [5.41, 5.74) is -0.327. The van der Waals surface area contributed by atoms with Crippen LogP contribution in [0.3, 0.4) is 0 Å². The van der Waals surface area contributed by atoms with Gasteiger partial charge >= 0.3 is 5.97 Å². The lowest BCUT2D eigenvalue weighted by Gasteiger charge is -2.34. The Labute approximate surface area is 142 Å². The number of hydrogen-bond donors (Lipinski definition) is 1. The van der Waals surface area contributed by atoms with Gasteiger partial charge < -0.3 is 24.0 Å². The molecule has 1 fully saturated rings. The van der Waals surface area contributed by atoms with E-state index in [0.717, 1.165) is 6.07 Å². The van der Waals surface area contributed by atoms with Crippen molar-refractivity contribution in [2.45, 2.75) is 13.0 Å². The Kier molecular flexibility index (Phi) is 3.64. The predicted molar refractivity (Wildman–Crippen MR) is 88.4 cm³/mol. The minimum atomic E-state index is -1.33. The highest BCUT2D eigenvalue weighted by molar-refractivity contribution is 5.97. The Bertz CT molecular complexity index is 933. The van der Waals surface area contributed by atoms with Crippen LogP contribution in [0.15, 0.2) is 17.1 Å². The average Bonchev–Trinajstić information content (AvgIpc) is 2.60. The molecule has 0 spiro atoms. The van der Waals surface area contributed by atoms with Crippen LogP contribution in [-0.2, 0) is 4.74 Å². The van der Waals surface area contributed by atoms with Gasteiger partial charge in [-0.15, -0.1) is 0 Å². The molecule has 0 amide bonds. The molecule has 1 saturated heterocycles. The second-order valence-corrected chi connectivity index (χ2v) is 6.28. The highest BCUT2D eigenvalue weighted by Crippen LogP contribution is 2.41. The number of carboxylic acids is 1. The number of aromatic carboxylic acids is 1. The van der Waals surface area contributed by atoms with Crippen LogP contribution in [0.4, 0.5) is 10.1 Å². The number of nitrogens with zero attached hydrogens (tertiary/aromatic N) is 2. The van der Waals surface area contributed by atoms with Gasteiger partial charge in [0, 0.05) is 19.3 Å². The van der Waals surface area contributed by atoms with Crippen LogP contribution in [0, 0.1) is 5.82 Å². The monoisotopic (exact) mass is 348 g/mol. The second-order valence-electron chi connectivity index (χ2n) is 6.28. The number of benzene rings is 1. The van der Waals surface area contributed by atoms with Crippen LogP contribution in [-0.4, -0.2) is 48.6 Å². The Hall–Kier alpha value is -2.61. The van der Waals surface area contributed by atoms with Crippen molar-refractivity contribution in [3.05, 3.63) is 33.9 Å². The van der Waals surface area contributed by atoms with Crippen molar-refractivity contribution in [3.63, 3.8) is 0 Å². The van der Waals surface area contributed by atoms with Crippen LogP contribution < -0.4 is 15.1 Å².